The van der Waals surface area contributed by atoms with E-state index < -0.39 is 0 Å². The van der Waals surface area contributed by atoms with Crippen LogP contribution in [0.2, 0.25) is 0 Å². The van der Waals surface area contributed by atoms with Gasteiger partial charge in [0.2, 0.25) is 5.88 Å². The van der Waals surface area contributed by atoms with Gasteiger partial charge in [0.1, 0.15) is 0 Å². The van der Waals surface area contributed by atoms with E-state index in [-0.39, 0.29) is 5.88 Å². The van der Waals surface area contributed by atoms with Gasteiger partial charge >= 0.3 is 0 Å². The van der Waals surface area contributed by atoms with Crippen molar-refractivity contribution < 1.29 is 14.6 Å². The number of aromatic nitrogens is 1. The van der Waals surface area contributed by atoms with Crippen LogP contribution in [0.3, 0.4) is 0 Å². The summed E-state index contributed by atoms with van der Waals surface area (Å²) in [4.78, 5) is 0. The highest BCUT2D eigenvalue weighted by atomic mass is 32.1. The zero-order chi connectivity index (χ0) is 13.1. The third kappa shape index (κ3) is 2.49. The molecule has 0 aliphatic rings. The van der Waals surface area contributed by atoms with Gasteiger partial charge in [-0.25, -0.2) is 0 Å². The van der Waals surface area contributed by atoms with E-state index in [2.05, 4.69) is 0 Å². The maximum absolute atomic E-state index is 9.67. The third-order valence-electron chi connectivity index (χ3n) is 2.55. The monoisotopic (exact) mass is 283 g/mol. The Hall–Kier alpha value is -1.53. The lowest BCUT2D eigenvalue weighted by Crippen LogP contribution is -2.00. The molecule has 2 rings (SSSR count). The van der Waals surface area contributed by atoms with Gasteiger partial charge in [0.25, 0.3) is 0 Å². The maximum Gasteiger partial charge on any atom is 0.203 e. The molecule has 1 aromatic carbocycles. The fraction of sp³-hybridized carbons (Fsp3) is 0.250. The van der Waals surface area contributed by atoms with Gasteiger partial charge in [-0.15, -0.1) is 11.3 Å². The topological polar surface area (TPSA) is 43.6 Å². The number of benzene rings is 1. The quantitative estimate of drug-likeness (QED) is 0.876. The summed E-state index contributed by atoms with van der Waals surface area (Å²) in [5.41, 5.74) is 0.984. The minimum absolute atomic E-state index is 0.180. The molecule has 0 aliphatic heterocycles. The number of nitrogens with zero attached hydrogens (tertiary/aromatic N) is 1. The molecule has 0 amide bonds. The Bertz CT molecular complexity index is 604. The largest absolute Gasteiger partial charge is 0.494 e. The minimum Gasteiger partial charge on any atom is -0.494 e. The SMILES string of the molecule is COc1ccc(Cn2c(O)csc2=S)cc1OC. The first-order valence-corrected chi connectivity index (χ1v) is 6.52. The van der Waals surface area contributed by atoms with Crippen molar-refractivity contribution in [3.8, 4) is 17.4 Å². The number of hydrogen-bond acceptors (Lipinski definition) is 5. The van der Waals surface area contributed by atoms with E-state index in [1.165, 1.54) is 11.3 Å². The van der Waals surface area contributed by atoms with Gasteiger partial charge < -0.3 is 14.6 Å². The van der Waals surface area contributed by atoms with Gasteiger partial charge in [0.15, 0.2) is 15.5 Å². The molecule has 0 saturated heterocycles. The van der Waals surface area contributed by atoms with Crippen molar-refractivity contribution >= 4 is 23.6 Å². The van der Waals surface area contributed by atoms with Gasteiger partial charge in [-0.05, 0) is 29.9 Å². The molecule has 4 nitrogen and oxygen atoms in total. The van der Waals surface area contributed by atoms with Crippen molar-refractivity contribution in [2.45, 2.75) is 6.54 Å². The average Bonchev–Trinajstić information content (AvgIpc) is 2.70. The predicted octanol–water partition coefficient (Wildman–Crippen LogP) is 3.05. The number of thiazole rings is 1. The second-order valence-electron chi connectivity index (χ2n) is 3.64. The van der Waals surface area contributed by atoms with E-state index >= 15 is 0 Å². The van der Waals surface area contributed by atoms with Crippen LogP contribution in [-0.2, 0) is 6.54 Å². The smallest absolute Gasteiger partial charge is 0.203 e. The van der Waals surface area contributed by atoms with Crippen molar-refractivity contribution in [1.82, 2.24) is 4.57 Å². The highest BCUT2D eigenvalue weighted by molar-refractivity contribution is 7.73. The van der Waals surface area contributed by atoms with Gasteiger partial charge in [0.05, 0.1) is 26.1 Å². The molecule has 0 aliphatic carbocycles. The van der Waals surface area contributed by atoms with Crippen LogP contribution in [0.1, 0.15) is 5.56 Å². The van der Waals surface area contributed by atoms with Crippen LogP contribution in [0.25, 0.3) is 0 Å². The van der Waals surface area contributed by atoms with Crippen molar-refractivity contribution in [2.75, 3.05) is 14.2 Å². The summed E-state index contributed by atoms with van der Waals surface area (Å²) in [6.07, 6.45) is 0. The van der Waals surface area contributed by atoms with Crippen LogP contribution in [0, 0.1) is 3.95 Å². The Labute approximate surface area is 114 Å². The summed E-state index contributed by atoms with van der Waals surface area (Å²) in [6, 6.07) is 5.62. The predicted molar refractivity (Wildman–Crippen MR) is 73.5 cm³/mol. The molecule has 0 bridgehead atoms. The van der Waals surface area contributed by atoms with E-state index in [9.17, 15) is 5.11 Å². The second-order valence-corrected chi connectivity index (χ2v) is 5.14. The van der Waals surface area contributed by atoms with E-state index in [4.69, 9.17) is 21.7 Å². The molecule has 18 heavy (non-hydrogen) atoms. The summed E-state index contributed by atoms with van der Waals surface area (Å²) in [6.45, 7) is 0.508. The van der Waals surface area contributed by atoms with E-state index in [1.807, 2.05) is 18.2 Å². The number of hydrogen-bond donors (Lipinski definition) is 1. The fourth-order valence-corrected chi connectivity index (χ4v) is 2.55. The molecular weight excluding hydrogens is 270 g/mol. The first-order chi connectivity index (χ1) is 8.65. The van der Waals surface area contributed by atoms with Crippen molar-refractivity contribution in [1.29, 1.82) is 0 Å². The first-order valence-electron chi connectivity index (χ1n) is 5.24. The highest BCUT2D eigenvalue weighted by Crippen LogP contribution is 2.28. The Morgan fingerprint density at radius 1 is 1.28 bits per heavy atom. The summed E-state index contributed by atoms with van der Waals surface area (Å²) in [5, 5.41) is 11.3. The van der Waals surface area contributed by atoms with Gasteiger partial charge in [0, 0.05) is 0 Å². The molecular formula is C12H13NO3S2. The van der Waals surface area contributed by atoms with E-state index in [0.717, 1.165) is 5.56 Å². The van der Waals surface area contributed by atoms with Crippen LogP contribution in [-0.4, -0.2) is 23.9 Å². The lowest BCUT2D eigenvalue weighted by atomic mass is 10.2. The van der Waals surface area contributed by atoms with Crippen LogP contribution < -0.4 is 9.47 Å². The molecule has 0 saturated carbocycles. The first kappa shape index (κ1) is 12.9. The molecule has 0 spiro atoms. The lowest BCUT2D eigenvalue weighted by molar-refractivity contribution is 0.354. The standard InChI is InChI=1S/C12H13NO3S2/c1-15-9-4-3-8(5-10(9)16-2)6-13-11(14)7-18-12(13)17/h3-5,7,14H,6H2,1-2H3. The molecule has 1 heterocycles. The Morgan fingerprint density at radius 2 is 2.00 bits per heavy atom. The molecule has 96 valence electrons. The molecule has 0 radical (unpaired) electrons. The van der Waals surface area contributed by atoms with Crippen molar-refractivity contribution in [2.24, 2.45) is 0 Å². The molecule has 1 aromatic heterocycles. The number of ether oxygens (including phenoxy) is 2. The zero-order valence-corrected chi connectivity index (χ0v) is 11.7. The Morgan fingerprint density at radius 3 is 2.56 bits per heavy atom. The molecule has 1 N–H and O–H groups in total. The molecule has 0 fully saturated rings. The third-order valence-corrected chi connectivity index (χ3v) is 3.81. The molecule has 2 aromatic rings. The second kappa shape index (κ2) is 5.41. The molecule has 0 unspecified atom stereocenters. The van der Waals surface area contributed by atoms with Crippen molar-refractivity contribution in [3.63, 3.8) is 0 Å². The normalized spacial score (nSPS) is 10.3. The van der Waals surface area contributed by atoms with Crippen LogP contribution in [0.5, 0.6) is 17.4 Å². The summed E-state index contributed by atoms with van der Waals surface area (Å²) >= 11 is 6.49. The summed E-state index contributed by atoms with van der Waals surface area (Å²) in [5.74, 6) is 1.52. The van der Waals surface area contributed by atoms with Crippen LogP contribution in [0.4, 0.5) is 0 Å². The summed E-state index contributed by atoms with van der Waals surface area (Å²) < 4.78 is 12.7. The van der Waals surface area contributed by atoms with E-state index in [1.54, 1.807) is 24.2 Å². The van der Waals surface area contributed by atoms with Crippen LogP contribution >= 0.6 is 23.6 Å². The Balaban J connectivity index is 2.33. The average molecular weight is 283 g/mol. The maximum atomic E-state index is 9.67. The van der Waals surface area contributed by atoms with Gasteiger partial charge in [-0.1, -0.05) is 6.07 Å². The zero-order valence-electron chi connectivity index (χ0n) is 10.0. The van der Waals surface area contributed by atoms with E-state index in [0.29, 0.717) is 22.0 Å². The lowest BCUT2D eigenvalue weighted by Gasteiger charge is -2.10. The van der Waals surface area contributed by atoms with Gasteiger partial charge in [-0.3, -0.25) is 4.57 Å². The van der Waals surface area contributed by atoms with Crippen molar-refractivity contribution in [3.05, 3.63) is 33.1 Å². The van der Waals surface area contributed by atoms with Gasteiger partial charge in [-0.2, -0.15) is 0 Å². The number of methoxy groups -OCH3 is 2. The van der Waals surface area contributed by atoms with Crippen LogP contribution in [0.15, 0.2) is 23.6 Å². The highest BCUT2D eigenvalue weighted by Gasteiger charge is 2.07. The minimum atomic E-state index is 0.180. The fourth-order valence-electron chi connectivity index (χ4n) is 1.63. The molecule has 6 heteroatoms. The number of rotatable bonds is 4. The molecule has 0 atom stereocenters. The number of aromatic hydroxyl groups is 1. The summed E-state index contributed by atoms with van der Waals surface area (Å²) in [7, 11) is 3.19. The Kier molecular flexibility index (Phi) is 3.88.